The molecule has 116 valence electrons. The van der Waals surface area contributed by atoms with Crippen molar-refractivity contribution >= 4 is 0 Å². The fourth-order valence-corrected chi connectivity index (χ4v) is 3.92. The SMILES string of the molecule is CCC12OC[C@@](OCC3CCCCC3)(CC[C@H]1OC)O2. The van der Waals surface area contributed by atoms with Gasteiger partial charge in [0.1, 0.15) is 12.7 Å². The molecule has 0 aromatic heterocycles. The van der Waals surface area contributed by atoms with E-state index in [-0.39, 0.29) is 6.10 Å². The van der Waals surface area contributed by atoms with Gasteiger partial charge in [-0.1, -0.05) is 26.2 Å². The molecule has 0 aromatic carbocycles. The number of methoxy groups -OCH3 is 1. The Kier molecular flexibility index (Phi) is 4.37. The third kappa shape index (κ3) is 2.63. The van der Waals surface area contributed by atoms with E-state index in [1.807, 2.05) is 0 Å². The maximum atomic E-state index is 6.25. The summed E-state index contributed by atoms with van der Waals surface area (Å²) in [5.74, 6) is -0.388. The van der Waals surface area contributed by atoms with Gasteiger partial charge in [0.2, 0.25) is 0 Å². The summed E-state index contributed by atoms with van der Waals surface area (Å²) in [6, 6.07) is 0. The van der Waals surface area contributed by atoms with Crippen LogP contribution in [0, 0.1) is 5.92 Å². The van der Waals surface area contributed by atoms with Crippen LogP contribution in [0.1, 0.15) is 58.3 Å². The van der Waals surface area contributed by atoms with E-state index in [9.17, 15) is 0 Å². The molecule has 3 atom stereocenters. The molecule has 3 aliphatic rings. The lowest BCUT2D eigenvalue weighted by Crippen LogP contribution is -2.52. The average Bonchev–Trinajstić information content (AvgIpc) is 2.82. The van der Waals surface area contributed by atoms with E-state index in [0.29, 0.717) is 12.5 Å². The Hall–Kier alpha value is -0.160. The van der Waals surface area contributed by atoms with E-state index in [4.69, 9.17) is 18.9 Å². The van der Waals surface area contributed by atoms with Crippen LogP contribution in [-0.2, 0) is 18.9 Å². The molecule has 0 amide bonds. The van der Waals surface area contributed by atoms with E-state index < -0.39 is 11.6 Å². The minimum Gasteiger partial charge on any atom is -0.376 e. The van der Waals surface area contributed by atoms with Crippen molar-refractivity contribution in [2.24, 2.45) is 5.92 Å². The maximum absolute atomic E-state index is 6.25. The Morgan fingerprint density at radius 3 is 2.65 bits per heavy atom. The highest BCUT2D eigenvalue weighted by Crippen LogP contribution is 2.47. The molecule has 4 heteroatoms. The lowest BCUT2D eigenvalue weighted by Gasteiger charge is -2.42. The summed E-state index contributed by atoms with van der Waals surface area (Å²) in [7, 11) is 1.74. The normalized spacial score (nSPS) is 42.0. The first-order valence-electron chi connectivity index (χ1n) is 8.23. The van der Waals surface area contributed by atoms with Crippen molar-refractivity contribution in [3.8, 4) is 0 Å². The summed E-state index contributed by atoms with van der Waals surface area (Å²) >= 11 is 0. The van der Waals surface area contributed by atoms with Crippen LogP contribution < -0.4 is 0 Å². The Bertz CT molecular complexity index is 324. The minimum atomic E-state index is -0.584. The quantitative estimate of drug-likeness (QED) is 0.776. The van der Waals surface area contributed by atoms with Crippen molar-refractivity contribution in [1.29, 1.82) is 0 Å². The highest BCUT2D eigenvalue weighted by molar-refractivity contribution is 4.95. The zero-order chi connectivity index (χ0) is 14.1. The molecule has 1 saturated carbocycles. The monoisotopic (exact) mass is 284 g/mol. The first-order valence-corrected chi connectivity index (χ1v) is 8.23. The van der Waals surface area contributed by atoms with Gasteiger partial charge in [0.25, 0.3) is 0 Å². The van der Waals surface area contributed by atoms with Crippen LogP contribution in [0.4, 0.5) is 0 Å². The standard InChI is InChI=1S/C16H28O4/c1-3-16-14(17-2)9-10-15(20-16,12-19-16)18-11-13-7-5-4-6-8-13/h13-14H,3-12H2,1-2H3/t14-,15-,16?/m1/s1. The van der Waals surface area contributed by atoms with Crippen LogP contribution in [0.5, 0.6) is 0 Å². The number of fused-ring (bicyclic) bond motifs is 2. The highest BCUT2D eigenvalue weighted by atomic mass is 16.8. The summed E-state index contributed by atoms with van der Waals surface area (Å²) < 4.78 is 24.0. The second-order valence-corrected chi connectivity index (χ2v) is 6.54. The van der Waals surface area contributed by atoms with Crippen molar-refractivity contribution in [3.05, 3.63) is 0 Å². The van der Waals surface area contributed by atoms with Crippen LogP contribution in [0.25, 0.3) is 0 Å². The van der Waals surface area contributed by atoms with Gasteiger partial charge in [-0.05, 0) is 25.2 Å². The molecule has 2 bridgehead atoms. The van der Waals surface area contributed by atoms with Crippen molar-refractivity contribution in [2.45, 2.75) is 76.0 Å². The van der Waals surface area contributed by atoms with Crippen molar-refractivity contribution in [3.63, 3.8) is 0 Å². The zero-order valence-electron chi connectivity index (χ0n) is 12.9. The Balaban J connectivity index is 1.59. The summed E-state index contributed by atoms with van der Waals surface area (Å²) in [5, 5.41) is 0. The van der Waals surface area contributed by atoms with Crippen molar-refractivity contribution in [1.82, 2.24) is 0 Å². The molecule has 20 heavy (non-hydrogen) atoms. The molecule has 0 radical (unpaired) electrons. The predicted octanol–water partition coefficient (Wildman–Crippen LogP) is 3.24. The Morgan fingerprint density at radius 2 is 1.95 bits per heavy atom. The lowest BCUT2D eigenvalue weighted by molar-refractivity contribution is -0.326. The zero-order valence-corrected chi connectivity index (χ0v) is 12.9. The molecular weight excluding hydrogens is 256 g/mol. The maximum Gasteiger partial charge on any atom is 0.197 e. The molecule has 0 spiro atoms. The Labute approximate surface area is 122 Å². The highest BCUT2D eigenvalue weighted by Gasteiger charge is 2.59. The van der Waals surface area contributed by atoms with Gasteiger partial charge in [-0.2, -0.15) is 0 Å². The smallest absolute Gasteiger partial charge is 0.197 e. The van der Waals surface area contributed by atoms with Gasteiger partial charge < -0.3 is 18.9 Å². The first kappa shape index (κ1) is 14.8. The molecular formula is C16H28O4. The Morgan fingerprint density at radius 1 is 1.15 bits per heavy atom. The van der Waals surface area contributed by atoms with Crippen molar-refractivity contribution in [2.75, 3.05) is 20.3 Å². The van der Waals surface area contributed by atoms with E-state index in [1.165, 1.54) is 32.1 Å². The molecule has 2 saturated heterocycles. The second kappa shape index (κ2) is 5.91. The molecule has 1 unspecified atom stereocenters. The molecule has 3 fully saturated rings. The number of hydrogen-bond donors (Lipinski definition) is 0. The minimum absolute atomic E-state index is 0.0291. The fourth-order valence-electron chi connectivity index (χ4n) is 3.92. The summed E-state index contributed by atoms with van der Waals surface area (Å²) in [4.78, 5) is 0. The van der Waals surface area contributed by atoms with Gasteiger partial charge in [0, 0.05) is 20.0 Å². The van der Waals surface area contributed by atoms with Gasteiger partial charge in [0.05, 0.1) is 6.61 Å². The molecule has 2 aliphatic heterocycles. The van der Waals surface area contributed by atoms with Crippen LogP contribution in [0.2, 0.25) is 0 Å². The molecule has 3 rings (SSSR count). The largest absolute Gasteiger partial charge is 0.376 e. The van der Waals surface area contributed by atoms with Crippen LogP contribution >= 0.6 is 0 Å². The second-order valence-electron chi connectivity index (χ2n) is 6.54. The first-order chi connectivity index (χ1) is 9.72. The van der Waals surface area contributed by atoms with E-state index in [1.54, 1.807) is 7.11 Å². The van der Waals surface area contributed by atoms with Crippen LogP contribution in [-0.4, -0.2) is 38.0 Å². The van der Waals surface area contributed by atoms with Crippen LogP contribution in [0.3, 0.4) is 0 Å². The third-order valence-electron chi connectivity index (χ3n) is 5.26. The summed E-state index contributed by atoms with van der Waals surface area (Å²) in [6.07, 6.45) is 9.35. The molecule has 0 aromatic rings. The molecule has 0 N–H and O–H groups in total. The molecule has 4 nitrogen and oxygen atoms in total. The summed E-state index contributed by atoms with van der Waals surface area (Å²) in [5.41, 5.74) is 0. The van der Waals surface area contributed by atoms with Crippen LogP contribution in [0.15, 0.2) is 0 Å². The van der Waals surface area contributed by atoms with E-state index in [0.717, 1.165) is 25.9 Å². The van der Waals surface area contributed by atoms with Gasteiger partial charge in [-0.25, -0.2) is 0 Å². The number of ether oxygens (including phenoxy) is 4. The third-order valence-corrected chi connectivity index (χ3v) is 5.26. The molecule has 1 aliphatic carbocycles. The van der Waals surface area contributed by atoms with E-state index >= 15 is 0 Å². The van der Waals surface area contributed by atoms with Gasteiger partial charge in [-0.15, -0.1) is 0 Å². The topological polar surface area (TPSA) is 36.9 Å². The van der Waals surface area contributed by atoms with Gasteiger partial charge in [0.15, 0.2) is 11.6 Å². The van der Waals surface area contributed by atoms with Gasteiger partial charge in [-0.3, -0.25) is 0 Å². The average molecular weight is 284 g/mol. The number of hydrogen-bond acceptors (Lipinski definition) is 4. The van der Waals surface area contributed by atoms with Crippen molar-refractivity contribution < 1.29 is 18.9 Å². The summed E-state index contributed by atoms with van der Waals surface area (Å²) in [6.45, 7) is 3.46. The fraction of sp³-hybridized carbons (Fsp3) is 1.00. The predicted molar refractivity (Wildman–Crippen MR) is 75.3 cm³/mol. The van der Waals surface area contributed by atoms with E-state index in [2.05, 4.69) is 6.92 Å². The van der Waals surface area contributed by atoms with Gasteiger partial charge >= 0.3 is 0 Å². The molecule has 2 heterocycles. The lowest BCUT2D eigenvalue weighted by atomic mass is 9.90. The number of rotatable bonds is 5.